The number of aliphatic imine (C=N–C) groups is 1. The van der Waals surface area contributed by atoms with E-state index in [1.807, 2.05) is 6.07 Å². The summed E-state index contributed by atoms with van der Waals surface area (Å²) in [5.41, 5.74) is 0.713. The molecule has 0 fully saturated rings. The smallest absolute Gasteiger partial charge is 0.211 e. The van der Waals surface area contributed by atoms with Gasteiger partial charge in [-0.1, -0.05) is 11.6 Å². The van der Waals surface area contributed by atoms with Crippen molar-refractivity contribution in [3.8, 4) is 6.07 Å². The molecule has 0 N–H and O–H groups in total. The van der Waals surface area contributed by atoms with Gasteiger partial charge >= 0.3 is 0 Å². The van der Waals surface area contributed by atoms with Crippen LogP contribution >= 0.6 is 11.6 Å². The summed E-state index contributed by atoms with van der Waals surface area (Å²) < 4.78 is 0. The number of nitrogens with zero attached hydrogens (tertiary/aromatic N) is 2. The summed E-state index contributed by atoms with van der Waals surface area (Å²) in [4.78, 5) is 13.2. The van der Waals surface area contributed by atoms with Gasteiger partial charge in [0.25, 0.3) is 0 Å². The summed E-state index contributed by atoms with van der Waals surface area (Å²) in [5, 5.41) is 8.88. The van der Waals surface area contributed by atoms with Crippen LogP contribution in [0.5, 0.6) is 0 Å². The number of hydrogen-bond acceptors (Lipinski definition) is 3. The summed E-state index contributed by atoms with van der Waals surface area (Å²) >= 11 is 5.62. The van der Waals surface area contributed by atoms with Crippen LogP contribution < -0.4 is 0 Å². The largest absolute Gasteiger partial charge is 0.240 e. The molecule has 1 aromatic carbocycles. The average molecular weight is 179 g/mol. The summed E-state index contributed by atoms with van der Waals surface area (Å²) in [7, 11) is 0. The summed E-state index contributed by atoms with van der Waals surface area (Å²) in [5.74, 6) is 0. The Morgan fingerprint density at radius 3 is 2.75 bits per heavy atom. The molecule has 0 aliphatic heterocycles. The van der Waals surface area contributed by atoms with Crippen molar-refractivity contribution in [2.24, 2.45) is 4.99 Å². The highest BCUT2D eigenvalue weighted by atomic mass is 35.5. The maximum atomic E-state index is 9.87. The van der Waals surface area contributed by atoms with E-state index in [1.165, 1.54) is 24.3 Å². The normalized spacial score (nSPS) is 8.33. The predicted molar refractivity (Wildman–Crippen MR) is 43.9 cm³/mol. The van der Waals surface area contributed by atoms with Gasteiger partial charge in [0.1, 0.15) is 0 Å². The van der Waals surface area contributed by atoms with Gasteiger partial charge in [0, 0.05) is 5.02 Å². The summed E-state index contributed by atoms with van der Waals surface area (Å²) in [6.07, 6.45) is 1.37. The van der Waals surface area contributed by atoms with E-state index in [2.05, 4.69) is 4.99 Å². The van der Waals surface area contributed by atoms with Crippen molar-refractivity contribution in [2.45, 2.75) is 0 Å². The first-order valence-corrected chi connectivity index (χ1v) is 3.42. The molecule has 12 heavy (non-hydrogen) atoms. The third-order valence-corrected chi connectivity index (χ3v) is 1.40. The van der Waals surface area contributed by atoms with Crippen LogP contribution in [0, 0.1) is 11.3 Å². The van der Waals surface area contributed by atoms with Gasteiger partial charge in [-0.05, 0) is 18.2 Å². The molecule has 0 saturated heterocycles. The zero-order valence-electron chi connectivity index (χ0n) is 5.91. The molecule has 0 aliphatic carbocycles. The minimum atomic E-state index is 0.342. The van der Waals surface area contributed by atoms with Gasteiger partial charge in [-0.25, -0.2) is 4.79 Å². The van der Waals surface area contributed by atoms with E-state index in [4.69, 9.17) is 16.9 Å². The lowest BCUT2D eigenvalue weighted by Gasteiger charge is -1.93. The highest BCUT2D eigenvalue weighted by Crippen LogP contribution is 2.20. The number of isocyanates is 1. The molecule has 0 amide bonds. The van der Waals surface area contributed by atoms with Gasteiger partial charge in [0.05, 0.1) is 17.3 Å². The van der Waals surface area contributed by atoms with Crippen molar-refractivity contribution in [3.05, 3.63) is 28.8 Å². The van der Waals surface area contributed by atoms with Gasteiger partial charge in [-0.15, -0.1) is 0 Å². The Kier molecular flexibility index (Phi) is 2.60. The van der Waals surface area contributed by atoms with E-state index in [0.717, 1.165) is 0 Å². The standard InChI is InChI=1S/C8H3ClN2O/c9-7-1-6(4-10)2-8(3-7)11-5-12/h1-3H. The Labute approximate surface area is 73.9 Å². The second-order valence-corrected chi connectivity index (χ2v) is 2.45. The van der Waals surface area contributed by atoms with Crippen molar-refractivity contribution >= 4 is 23.4 Å². The van der Waals surface area contributed by atoms with Gasteiger partial charge in [0.2, 0.25) is 6.08 Å². The second kappa shape index (κ2) is 3.68. The van der Waals surface area contributed by atoms with E-state index in [1.54, 1.807) is 0 Å². The van der Waals surface area contributed by atoms with Crippen molar-refractivity contribution in [1.29, 1.82) is 5.26 Å². The Morgan fingerprint density at radius 1 is 1.42 bits per heavy atom. The highest BCUT2D eigenvalue weighted by Gasteiger charge is 1.96. The van der Waals surface area contributed by atoms with Crippen LogP contribution in [0.1, 0.15) is 5.56 Å². The molecule has 0 aromatic heterocycles. The monoisotopic (exact) mass is 178 g/mol. The summed E-state index contributed by atoms with van der Waals surface area (Å²) in [6.45, 7) is 0. The number of carbonyl (C=O) groups excluding carboxylic acids is 1. The first-order valence-electron chi connectivity index (χ1n) is 3.05. The Bertz CT molecular complexity index is 389. The molecule has 0 atom stereocenters. The third kappa shape index (κ3) is 1.93. The quantitative estimate of drug-likeness (QED) is 0.489. The molecule has 58 valence electrons. The van der Waals surface area contributed by atoms with Crippen LogP contribution in [0.25, 0.3) is 0 Å². The van der Waals surface area contributed by atoms with Crippen molar-refractivity contribution in [3.63, 3.8) is 0 Å². The number of hydrogen-bond donors (Lipinski definition) is 0. The molecule has 0 radical (unpaired) electrons. The lowest BCUT2D eigenvalue weighted by atomic mass is 10.2. The molecule has 0 aliphatic rings. The number of nitriles is 1. The summed E-state index contributed by atoms with van der Waals surface area (Å²) in [6, 6.07) is 6.32. The van der Waals surface area contributed by atoms with E-state index >= 15 is 0 Å². The van der Waals surface area contributed by atoms with E-state index in [-0.39, 0.29) is 0 Å². The van der Waals surface area contributed by atoms with Crippen LogP contribution in [-0.2, 0) is 4.79 Å². The fraction of sp³-hybridized carbons (Fsp3) is 0. The lowest BCUT2D eigenvalue weighted by molar-refractivity contribution is 0.565. The van der Waals surface area contributed by atoms with Crippen molar-refractivity contribution in [2.75, 3.05) is 0 Å². The van der Waals surface area contributed by atoms with Crippen LogP contribution in [0.2, 0.25) is 5.02 Å². The molecule has 1 rings (SSSR count). The minimum Gasteiger partial charge on any atom is -0.211 e. The Morgan fingerprint density at radius 2 is 2.17 bits per heavy atom. The Hall–Kier alpha value is -1.62. The van der Waals surface area contributed by atoms with Crippen LogP contribution in [0.4, 0.5) is 5.69 Å². The third-order valence-electron chi connectivity index (χ3n) is 1.19. The van der Waals surface area contributed by atoms with Crippen LogP contribution in [0.15, 0.2) is 23.2 Å². The molecular weight excluding hydrogens is 176 g/mol. The molecule has 0 heterocycles. The SMILES string of the molecule is N#Cc1cc(Cl)cc(N=C=O)c1. The van der Waals surface area contributed by atoms with Gasteiger partial charge in [-0.2, -0.15) is 10.3 Å². The van der Waals surface area contributed by atoms with Crippen molar-refractivity contribution < 1.29 is 4.79 Å². The highest BCUT2D eigenvalue weighted by molar-refractivity contribution is 6.30. The zero-order chi connectivity index (χ0) is 8.97. The molecular formula is C8H3ClN2O. The first kappa shape index (κ1) is 8.48. The fourth-order valence-corrected chi connectivity index (χ4v) is 0.985. The van der Waals surface area contributed by atoms with E-state index in [0.29, 0.717) is 16.3 Å². The number of halogens is 1. The Balaban J connectivity index is 3.25. The average Bonchev–Trinajstić information content (AvgIpc) is 2.04. The molecule has 4 heteroatoms. The van der Waals surface area contributed by atoms with Gasteiger partial charge in [-0.3, -0.25) is 0 Å². The van der Waals surface area contributed by atoms with E-state index in [9.17, 15) is 4.79 Å². The molecule has 0 bridgehead atoms. The zero-order valence-corrected chi connectivity index (χ0v) is 6.67. The van der Waals surface area contributed by atoms with Gasteiger partial charge < -0.3 is 0 Å². The maximum Gasteiger partial charge on any atom is 0.240 e. The topological polar surface area (TPSA) is 53.2 Å². The van der Waals surface area contributed by atoms with E-state index < -0.39 is 0 Å². The van der Waals surface area contributed by atoms with Gasteiger partial charge in [0.15, 0.2) is 0 Å². The second-order valence-electron chi connectivity index (χ2n) is 2.01. The van der Waals surface area contributed by atoms with Crippen LogP contribution in [-0.4, -0.2) is 6.08 Å². The first-order chi connectivity index (χ1) is 5.76. The molecule has 0 unspecified atom stereocenters. The minimum absolute atomic E-state index is 0.342. The molecule has 0 saturated carbocycles. The maximum absolute atomic E-state index is 9.87. The molecule has 1 aromatic rings. The molecule has 0 spiro atoms. The fourth-order valence-electron chi connectivity index (χ4n) is 0.756. The van der Waals surface area contributed by atoms with Crippen LogP contribution in [0.3, 0.4) is 0 Å². The number of benzene rings is 1. The molecule has 3 nitrogen and oxygen atoms in total. The number of rotatable bonds is 1. The predicted octanol–water partition coefficient (Wildman–Crippen LogP) is 2.18. The van der Waals surface area contributed by atoms with Crippen molar-refractivity contribution in [1.82, 2.24) is 0 Å². The lowest BCUT2D eigenvalue weighted by Crippen LogP contribution is -1.73.